The predicted octanol–water partition coefficient (Wildman–Crippen LogP) is 1.56. The maximum absolute atomic E-state index is 9.06. The summed E-state index contributed by atoms with van der Waals surface area (Å²) in [6.45, 7) is 0. The van der Waals surface area contributed by atoms with Gasteiger partial charge in [-0.1, -0.05) is 11.6 Å². The highest BCUT2D eigenvalue weighted by Crippen LogP contribution is 2.42. The Labute approximate surface area is 86.9 Å². The van der Waals surface area contributed by atoms with Gasteiger partial charge in [0.25, 0.3) is 0 Å². The van der Waals surface area contributed by atoms with Gasteiger partial charge in [-0.15, -0.1) is 0 Å². The normalized spacial score (nSPS) is 18.3. The molecular formula is C10H11ClO3. The molecule has 0 spiro atoms. The zero-order chi connectivity index (χ0) is 10.2. The number of hydrogen-bond acceptors (Lipinski definition) is 3. The third-order valence-electron chi connectivity index (χ3n) is 2.35. The average molecular weight is 215 g/mol. The van der Waals surface area contributed by atoms with Crippen LogP contribution in [0.1, 0.15) is 12.8 Å². The molecule has 76 valence electrons. The van der Waals surface area contributed by atoms with Crippen LogP contribution in [0.25, 0.3) is 0 Å². The molecule has 0 aliphatic heterocycles. The monoisotopic (exact) mass is 214 g/mol. The van der Waals surface area contributed by atoms with E-state index in [0.717, 1.165) is 0 Å². The minimum absolute atomic E-state index is 0.611. The van der Waals surface area contributed by atoms with Gasteiger partial charge in [-0.25, -0.2) is 0 Å². The molecule has 0 unspecified atom stereocenters. The van der Waals surface area contributed by atoms with Gasteiger partial charge in [0.1, 0.15) is 5.75 Å². The summed E-state index contributed by atoms with van der Waals surface area (Å²) in [5.74, 6) is 0.611. The summed E-state index contributed by atoms with van der Waals surface area (Å²) < 4.78 is 5.47. The number of hydrogen-bond donors (Lipinski definition) is 2. The highest BCUT2D eigenvalue weighted by molar-refractivity contribution is 6.30. The van der Waals surface area contributed by atoms with Crippen molar-refractivity contribution in [2.24, 2.45) is 0 Å². The molecule has 0 heterocycles. The van der Waals surface area contributed by atoms with Crippen LogP contribution in [-0.4, -0.2) is 22.1 Å². The topological polar surface area (TPSA) is 49.7 Å². The van der Waals surface area contributed by atoms with E-state index in [0.29, 0.717) is 23.6 Å². The molecule has 1 aliphatic rings. The van der Waals surface area contributed by atoms with Crippen LogP contribution in [0, 0.1) is 0 Å². The van der Waals surface area contributed by atoms with Gasteiger partial charge in [0.05, 0.1) is 0 Å². The molecule has 3 nitrogen and oxygen atoms in total. The van der Waals surface area contributed by atoms with E-state index in [1.165, 1.54) is 0 Å². The van der Waals surface area contributed by atoms with E-state index in [1.807, 2.05) is 0 Å². The summed E-state index contributed by atoms with van der Waals surface area (Å²) in [6, 6.07) is 6.84. The van der Waals surface area contributed by atoms with Crippen LogP contribution >= 0.6 is 11.6 Å². The average Bonchev–Trinajstić information content (AvgIpc) is 2.90. The standard InChI is InChI=1S/C10H11ClO3/c11-7-1-3-8(4-2-7)14-10(5-6-10)9(12)13/h1-4,9,12-13H,5-6H2. The van der Waals surface area contributed by atoms with Gasteiger partial charge in [0.2, 0.25) is 0 Å². The molecular weight excluding hydrogens is 204 g/mol. The van der Waals surface area contributed by atoms with Crippen LogP contribution in [0.2, 0.25) is 5.02 Å². The van der Waals surface area contributed by atoms with Crippen LogP contribution in [0.5, 0.6) is 5.75 Å². The molecule has 0 bridgehead atoms. The lowest BCUT2D eigenvalue weighted by atomic mass is 10.3. The summed E-state index contributed by atoms with van der Waals surface area (Å²) >= 11 is 5.71. The van der Waals surface area contributed by atoms with Gasteiger partial charge >= 0.3 is 0 Å². The molecule has 1 aromatic carbocycles. The van der Waals surface area contributed by atoms with E-state index in [4.69, 9.17) is 26.6 Å². The fraction of sp³-hybridized carbons (Fsp3) is 0.400. The summed E-state index contributed by atoms with van der Waals surface area (Å²) in [6.07, 6.45) is -0.0705. The molecule has 1 aromatic rings. The van der Waals surface area contributed by atoms with E-state index < -0.39 is 11.9 Å². The fourth-order valence-corrected chi connectivity index (χ4v) is 1.40. The zero-order valence-electron chi connectivity index (χ0n) is 7.48. The molecule has 14 heavy (non-hydrogen) atoms. The van der Waals surface area contributed by atoms with Crippen LogP contribution in [0.4, 0.5) is 0 Å². The second kappa shape index (κ2) is 3.42. The van der Waals surface area contributed by atoms with Gasteiger partial charge in [-0.3, -0.25) is 0 Å². The summed E-state index contributed by atoms with van der Waals surface area (Å²) in [4.78, 5) is 0. The molecule has 0 atom stereocenters. The summed E-state index contributed by atoms with van der Waals surface area (Å²) in [5, 5.41) is 18.8. The quantitative estimate of drug-likeness (QED) is 0.751. The Morgan fingerprint density at radius 3 is 2.21 bits per heavy atom. The number of benzene rings is 1. The maximum atomic E-state index is 9.06. The van der Waals surface area contributed by atoms with Crippen molar-refractivity contribution in [3.63, 3.8) is 0 Å². The molecule has 2 rings (SSSR count). The Bertz CT molecular complexity index is 317. The molecule has 0 radical (unpaired) electrons. The van der Waals surface area contributed by atoms with Gasteiger partial charge in [-0.05, 0) is 37.1 Å². The largest absolute Gasteiger partial charge is 0.482 e. The first kappa shape index (κ1) is 9.77. The van der Waals surface area contributed by atoms with Gasteiger partial charge in [0, 0.05) is 5.02 Å². The van der Waals surface area contributed by atoms with E-state index in [9.17, 15) is 0 Å². The first-order valence-electron chi connectivity index (χ1n) is 4.43. The van der Waals surface area contributed by atoms with E-state index >= 15 is 0 Å². The molecule has 0 saturated heterocycles. The third kappa shape index (κ3) is 1.85. The van der Waals surface area contributed by atoms with E-state index in [1.54, 1.807) is 24.3 Å². The number of halogens is 1. The molecule has 1 fully saturated rings. The van der Waals surface area contributed by atoms with E-state index in [-0.39, 0.29) is 0 Å². The Balaban J connectivity index is 2.08. The van der Waals surface area contributed by atoms with Gasteiger partial charge in [-0.2, -0.15) is 0 Å². The molecule has 1 saturated carbocycles. The molecule has 0 aromatic heterocycles. The van der Waals surface area contributed by atoms with E-state index in [2.05, 4.69) is 0 Å². The first-order chi connectivity index (χ1) is 6.62. The molecule has 4 heteroatoms. The lowest BCUT2D eigenvalue weighted by Gasteiger charge is -2.19. The number of aliphatic hydroxyl groups excluding tert-OH is 1. The Morgan fingerprint density at radius 1 is 1.21 bits per heavy atom. The minimum Gasteiger partial charge on any atom is -0.482 e. The second-order valence-electron chi connectivity index (χ2n) is 3.49. The predicted molar refractivity (Wildman–Crippen MR) is 52.3 cm³/mol. The van der Waals surface area contributed by atoms with Crippen molar-refractivity contribution >= 4 is 11.6 Å². The van der Waals surface area contributed by atoms with Gasteiger partial charge < -0.3 is 14.9 Å². The number of rotatable bonds is 3. The Kier molecular flexibility index (Phi) is 2.39. The minimum atomic E-state index is -1.42. The van der Waals surface area contributed by atoms with Crippen LogP contribution in [0.15, 0.2) is 24.3 Å². The van der Waals surface area contributed by atoms with Crippen molar-refractivity contribution in [2.45, 2.75) is 24.7 Å². The molecule has 2 N–H and O–H groups in total. The summed E-state index contributed by atoms with van der Waals surface area (Å²) in [7, 11) is 0. The SMILES string of the molecule is OC(O)C1(Oc2ccc(Cl)cc2)CC1. The highest BCUT2D eigenvalue weighted by atomic mass is 35.5. The van der Waals surface area contributed by atoms with Crippen LogP contribution in [0.3, 0.4) is 0 Å². The van der Waals surface area contributed by atoms with Crippen molar-refractivity contribution in [2.75, 3.05) is 0 Å². The first-order valence-corrected chi connectivity index (χ1v) is 4.81. The maximum Gasteiger partial charge on any atom is 0.192 e. The number of aliphatic hydroxyl groups is 2. The molecule has 0 amide bonds. The Hall–Kier alpha value is -0.770. The Morgan fingerprint density at radius 2 is 1.79 bits per heavy atom. The van der Waals surface area contributed by atoms with Crippen molar-refractivity contribution in [3.8, 4) is 5.75 Å². The fourth-order valence-electron chi connectivity index (χ4n) is 1.27. The third-order valence-corrected chi connectivity index (χ3v) is 2.60. The van der Waals surface area contributed by atoms with Crippen LogP contribution < -0.4 is 4.74 Å². The zero-order valence-corrected chi connectivity index (χ0v) is 8.24. The highest BCUT2D eigenvalue weighted by Gasteiger charge is 2.51. The van der Waals surface area contributed by atoms with Gasteiger partial charge in [0.15, 0.2) is 11.9 Å². The lowest BCUT2D eigenvalue weighted by molar-refractivity contribution is -0.125. The van der Waals surface area contributed by atoms with Crippen molar-refractivity contribution in [1.29, 1.82) is 0 Å². The van der Waals surface area contributed by atoms with Crippen LogP contribution in [-0.2, 0) is 0 Å². The van der Waals surface area contributed by atoms with Crippen molar-refractivity contribution in [1.82, 2.24) is 0 Å². The molecule has 1 aliphatic carbocycles. The number of ether oxygens (including phenoxy) is 1. The summed E-state index contributed by atoms with van der Waals surface area (Å²) in [5.41, 5.74) is -0.784. The van der Waals surface area contributed by atoms with Crippen molar-refractivity contribution in [3.05, 3.63) is 29.3 Å². The second-order valence-corrected chi connectivity index (χ2v) is 3.93. The van der Waals surface area contributed by atoms with Crippen molar-refractivity contribution < 1.29 is 14.9 Å². The smallest absolute Gasteiger partial charge is 0.192 e. The lowest BCUT2D eigenvalue weighted by Crippen LogP contribution is -2.33.